The van der Waals surface area contributed by atoms with Gasteiger partial charge < -0.3 is 14.2 Å². The SMILES string of the molecule is CC(C)(C)C1C(=O)C(CCO)=NC1(C)c1ccc(C(=O)Cn2c(=N)n(Cc3ccccc3)c3ccccc32)cc1. The summed E-state index contributed by atoms with van der Waals surface area (Å²) in [6, 6.07) is 25.1. The third-order valence-corrected chi connectivity index (χ3v) is 7.94. The van der Waals surface area contributed by atoms with Crippen LogP contribution in [0.1, 0.15) is 55.6 Å². The number of aliphatic imine (C=N–C) groups is 1. The largest absolute Gasteiger partial charge is 0.396 e. The van der Waals surface area contributed by atoms with Crippen LogP contribution in [-0.4, -0.2) is 38.1 Å². The topological polar surface area (TPSA) is 100 Å². The summed E-state index contributed by atoms with van der Waals surface area (Å²) in [7, 11) is 0. The number of aromatic nitrogens is 2. The number of Topliss-reactive ketones (excluding diaryl/α,β-unsaturated/α-hetero) is 2. The minimum absolute atomic E-state index is 0.0181. The van der Waals surface area contributed by atoms with Crippen LogP contribution >= 0.6 is 0 Å². The number of aliphatic hydroxyl groups excluding tert-OH is 1. The standard InChI is InChI=1S/C33H36N4O3/c1-32(2,3)30-29(40)25(18-19-38)35-33(30,4)24-16-14-23(15-17-24)28(39)21-37-27-13-9-8-12-26(27)36(31(37)34)20-22-10-6-5-7-11-22/h5-17,30,34,38H,18-21H2,1-4H3. The molecular formula is C33H36N4O3. The number of benzene rings is 3. The number of hydrogen-bond donors (Lipinski definition) is 2. The smallest absolute Gasteiger partial charge is 0.203 e. The highest BCUT2D eigenvalue weighted by molar-refractivity contribution is 6.42. The number of carbonyl (C=O) groups excluding carboxylic acids is 2. The van der Waals surface area contributed by atoms with Crippen LogP contribution in [0.2, 0.25) is 0 Å². The fourth-order valence-corrected chi connectivity index (χ4v) is 6.18. The van der Waals surface area contributed by atoms with Crippen molar-refractivity contribution >= 4 is 28.3 Å². The molecule has 5 rings (SSSR count). The second-order valence-electron chi connectivity index (χ2n) is 11.8. The highest BCUT2D eigenvalue weighted by Gasteiger charge is 2.52. The molecule has 0 aliphatic carbocycles. The van der Waals surface area contributed by atoms with Gasteiger partial charge in [0, 0.05) is 18.6 Å². The Bertz CT molecular complexity index is 1660. The quantitative estimate of drug-likeness (QED) is 0.305. The molecule has 2 unspecified atom stereocenters. The molecule has 0 spiro atoms. The van der Waals surface area contributed by atoms with Crippen molar-refractivity contribution in [2.24, 2.45) is 16.3 Å². The molecule has 1 aliphatic rings. The zero-order chi connectivity index (χ0) is 28.7. The Balaban J connectivity index is 1.45. The average molecular weight is 537 g/mol. The molecule has 206 valence electrons. The number of imidazole rings is 1. The Hall–Kier alpha value is -4.10. The van der Waals surface area contributed by atoms with Gasteiger partial charge in [0.05, 0.1) is 41.3 Å². The Morgan fingerprint density at radius 1 is 0.950 bits per heavy atom. The maximum absolute atomic E-state index is 13.5. The van der Waals surface area contributed by atoms with Crippen molar-refractivity contribution in [3.63, 3.8) is 0 Å². The minimum Gasteiger partial charge on any atom is -0.396 e. The number of ketones is 2. The van der Waals surface area contributed by atoms with Crippen molar-refractivity contribution in [1.82, 2.24) is 9.13 Å². The second-order valence-corrected chi connectivity index (χ2v) is 11.8. The van der Waals surface area contributed by atoms with Crippen LogP contribution in [0.4, 0.5) is 0 Å². The number of aliphatic hydroxyl groups is 1. The van der Waals surface area contributed by atoms with E-state index in [2.05, 4.69) is 0 Å². The summed E-state index contributed by atoms with van der Waals surface area (Å²) < 4.78 is 3.68. The van der Waals surface area contributed by atoms with E-state index in [0.29, 0.717) is 17.8 Å². The van der Waals surface area contributed by atoms with Gasteiger partial charge in [-0.3, -0.25) is 20.0 Å². The van der Waals surface area contributed by atoms with Crippen molar-refractivity contribution in [3.05, 3.63) is 101 Å². The zero-order valence-electron chi connectivity index (χ0n) is 23.5. The molecule has 3 aromatic carbocycles. The molecule has 1 aromatic heterocycles. The van der Waals surface area contributed by atoms with E-state index >= 15 is 0 Å². The first-order valence-corrected chi connectivity index (χ1v) is 13.7. The van der Waals surface area contributed by atoms with E-state index in [9.17, 15) is 14.7 Å². The molecule has 2 N–H and O–H groups in total. The summed E-state index contributed by atoms with van der Waals surface area (Å²) in [4.78, 5) is 31.6. The second kappa shape index (κ2) is 10.5. The number of rotatable bonds is 8. The van der Waals surface area contributed by atoms with E-state index in [-0.39, 0.29) is 48.1 Å². The Morgan fingerprint density at radius 3 is 2.15 bits per heavy atom. The number of nitrogens with one attached hydrogen (secondary N) is 1. The summed E-state index contributed by atoms with van der Waals surface area (Å²) in [6.07, 6.45) is 0.238. The molecule has 0 bridgehead atoms. The molecule has 0 saturated carbocycles. The third-order valence-electron chi connectivity index (χ3n) is 7.94. The van der Waals surface area contributed by atoms with Gasteiger partial charge in [0.2, 0.25) is 5.62 Å². The van der Waals surface area contributed by atoms with E-state index in [1.165, 1.54) is 0 Å². The van der Waals surface area contributed by atoms with E-state index in [0.717, 1.165) is 22.2 Å². The van der Waals surface area contributed by atoms with Crippen molar-refractivity contribution < 1.29 is 14.7 Å². The molecule has 40 heavy (non-hydrogen) atoms. The first kappa shape index (κ1) is 27.5. The number of nitrogens with zero attached hydrogens (tertiary/aromatic N) is 3. The molecule has 1 aliphatic heterocycles. The number of carbonyl (C=O) groups is 2. The summed E-state index contributed by atoms with van der Waals surface area (Å²) in [5, 5.41) is 18.4. The number of hydrogen-bond acceptors (Lipinski definition) is 5. The summed E-state index contributed by atoms with van der Waals surface area (Å²) in [5.41, 5.74) is 3.80. The lowest BCUT2D eigenvalue weighted by atomic mass is 9.66. The Morgan fingerprint density at radius 2 is 1.55 bits per heavy atom. The van der Waals surface area contributed by atoms with Gasteiger partial charge in [0.1, 0.15) is 0 Å². The molecule has 4 aromatic rings. The molecule has 7 heteroatoms. The average Bonchev–Trinajstić information content (AvgIpc) is 3.35. The van der Waals surface area contributed by atoms with Crippen LogP contribution in [0.15, 0.2) is 83.9 Å². The molecule has 2 atom stereocenters. The fourth-order valence-electron chi connectivity index (χ4n) is 6.18. The Labute approximate surface area is 234 Å². The zero-order valence-corrected chi connectivity index (χ0v) is 23.5. The fraction of sp³-hybridized carbons (Fsp3) is 0.333. The van der Waals surface area contributed by atoms with E-state index in [1.807, 2.05) is 99.0 Å². The van der Waals surface area contributed by atoms with Crippen molar-refractivity contribution in [2.75, 3.05) is 6.61 Å². The van der Waals surface area contributed by atoms with Gasteiger partial charge in [-0.05, 0) is 35.6 Å². The van der Waals surface area contributed by atoms with E-state index in [4.69, 9.17) is 10.4 Å². The maximum atomic E-state index is 13.5. The van der Waals surface area contributed by atoms with Crippen LogP contribution in [-0.2, 0) is 23.4 Å². The molecule has 0 amide bonds. The molecule has 0 saturated heterocycles. The van der Waals surface area contributed by atoms with Crippen LogP contribution < -0.4 is 5.62 Å². The first-order valence-electron chi connectivity index (χ1n) is 13.7. The highest BCUT2D eigenvalue weighted by atomic mass is 16.3. The van der Waals surface area contributed by atoms with E-state index in [1.54, 1.807) is 16.7 Å². The summed E-state index contributed by atoms with van der Waals surface area (Å²) >= 11 is 0. The Kier molecular flexibility index (Phi) is 7.19. The lowest BCUT2D eigenvalue weighted by molar-refractivity contribution is -0.120. The molecule has 0 radical (unpaired) electrons. The molecule has 0 fully saturated rings. The van der Waals surface area contributed by atoms with Gasteiger partial charge in [-0.25, -0.2) is 0 Å². The third kappa shape index (κ3) is 4.86. The first-order chi connectivity index (χ1) is 19.0. The van der Waals surface area contributed by atoms with Gasteiger partial charge in [-0.2, -0.15) is 0 Å². The van der Waals surface area contributed by atoms with Gasteiger partial charge in [-0.15, -0.1) is 0 Å². The van der Waals surface area contributed by atoms with Crippen molar-refractivity contribution in [1.29, 1.82) is 5.41 Å². The summed E-state index contributed by atoms with van der Waals surface area (Å²) in [6.45, 7) is 8.53. The van der Waals surface area contributed by atoms with Crippen LogP contribution in [0.25, 0.3) is 11.0 Å². The minimum atomic E-state index is -0.782. The predicted molar refractivity (Wildman–Crippen MR) is 157 cm³/mol. The van der Waals surface area contributed by atoms with Crippen molar-refractivity contribution in [3.8, 4) is 0 Å². The van der Waals surface area contributed by atoms with Gasteiger partial charge in [0.15, 0.2) is 11.6 Å². The number of para-hydroxylation sites is 2. The van der Waals surface area contributed by atoms with Crippen LogP contribution in [0.5, 0.6) is 0 Å². The maximum Gasteiger partial charge on any atom is 0.203 e. The van der Waals surface area contributed by atoms with Crippen LogP contribution in [0, 0.1) is 16.7 Å². The van der Waals surface area contributed by atoms with Gasteiger partial charge >= 0.3 is 0 Å². The lowest BCUT2D eigenvalue weighted by Crippen LogP contribution is -2.40. The van der Waals surface area contributed by atoms with Crippen LogP contribution in [0.3, 0.4) is 0 Å². The highest BCUT2D eigenvalue weighted by Crippen LogP contribution is 2.48. The number of fused-ring (bicyclic) bond motifs is 1. The molecule has 2 heterocycles. The molecule has 7 nitrogen and oxygen atoms in total. The summed E-state index contributed by atoms with van der Waals surface area (Å²) in [5.74, 6) is -0.493. The monoisotopic (exact) mass is 536 g/mol. The normalized spacial score (nSPS) is 19.3. The van der Waals surface area contributed by atoms with Crippen molar-refractivity contribution in [2.45, 2.75) is 52.7 Å². The molecular weight excluding hydrogens is 500 g/mol. The lowest BCUT2D eigenvalue weighted by Gasteiger charge is -2.37. The van der Waals surface area contributed by atoms with Gasteiger partial charge in [0.25, 0.3) is 0 Å². The van der Waals surface area contributed by atoms with Gasteiger partial charge in [-0.1, -0.05) is 87.5 Å². The predicted octanol–water partition coefficient (Wildman–Crippen LogP) is 5.14. The van der Waals surface area contributed by atoms with E-state index < -0.39 is 5.54 Å².